The van der Waals surface area contributed by atoms with Crippen molar-refractivity contribution in [3.63, 3.8) is 0 Å². The van der Waals surface area contributed by atoms with E-state index < -0.39 is 12.2 Å². The third-order valence-electron chi connectivity index (χ3n) is 3.44. The van der Waals surface area contributed by atoms with E-state index in [-0.39, 0.29) is 0 Å². The number of halogens is 2. The highest BCUT2D eigenvalue weighted by atomic mass is 79.9. The lowest BCUT2D eigenvalue weighted by atomic mass is 9.94. The number of hydrogen-bond donors (Lipinski definition) is 1. The molecule has 0 aliphatic carbocycles. The molecule has 2 N–H and O–H groups in total. The van der Waals surface area contributed by atoms with Crippen LogP contribution in [0.25, 0.3) is 0 Å². The van der Waals surface area contributed by atoms with Gasteiger partial charge in [0.05, 0.1) is 0 Å². The largest absolute Gasteiger partial charge is 0.371 e. The molecule has 2 nitrogen and oxygen atoms in total. The van der Waals surface area contributed by atoms with Gasteiger partial charge in [-0.25, -0.2) is 4.39 Å². The lowest BCUT2D eigenvalue weighted by molar-refractivity contribution is 0.282. The molecule has 0 saturated carbocycles. The van der Waals surface area contributed by atoms with E-state index in [9.17, 15) is 4.39 Å². The van der Waals surface area contributed by atoms with Gasteiger partial charge < -0.3 is 10.6 Å². The molecule has 17 heavy (non-hydrogen) atoms. The standard InChI is InChI=1S/C13H18BrFN2/c14-11-2-4-12(5-3-11)17-8-1-6-13(16,10-15)7-9-17/h2-5H,1,6-10,16H2. The van der Waals surface area contributed by atoms with Crippen LogP contribution in [0.2, 0.25) is 0 Å². The number of nitrogens with two attached hydrogens (primary N) is 1. The maximum absolute atomic E-state index is 12.9. The summed E-state index contributed by atoms with van der Waals surface area (Å²) in [6.07, 6.45) is 2.45. The van der Waals surface area contributed by atoms with Crippen LogP contribution in [0.1, 0.15) is 19.3 Å². The lowest BCUT2D eigenvalue weighted by Crippen LogP contribution is -2.43. The number of rotatable bonds is 2. The van der Waals surface area contributed by atoms with Crippen LogP contribution in [0.5, 0.6) is 0 Å². The third-order valence-corrected chi connectivity index (χ3v) is 3.97. The number of alkyl halides is 1. The van der Waals surface area contributed by atoms with Crippen molar-refractivity contribution in [2.45, 2.75) is 24.8 Å². The minimum Gasteiger partial charge on any atom is -0.371 e. The van der Waals surface area contributed by atoms with Crippen LogP contribution >= 0.6 is 15.9 Å². The normalized spacial score (nSPS) is 25.7. The fourth-order valence-corrected chi connectivity index (χ4v) is 2.52. The van der Waals surface area contributed by atoms with E-state index in [2.05, 4.69) is 33.0 Å². The predicted octanol–water partition coefficient (Wildman–Crippen LogP) is 3.11. The maximum atomic E-state index is 12.9. The summed E-state index contributed by atoms with van der Waals surface area (Å²) in [5.74, 6) is 0. The molecule has 0 radical (unpaired) electrons. The van der Waals surface area contributed by atoms with Gasteiger partial charge in [-0.3, -0.25) is 0 Å². The first-order valence-corrected chi connectivity index (χ1v) is 6.78. The molecule has 1 heterocycles. The molecule has 0 bridgehead atoms. The number of anilines is 1. The Balaban J connectivity index is 2.06. The zero-order chi connectivity index (χ0) is 12.3. The summed E-state index contributed by atoms with van der Waals surface area (Å²) in [5, 5.41) is 0. The van der Waals surface area contributed by atoms with Crippen molar-refractivity contribution in [2.75, 3.05) is 24.7 Å². The van der Waals surface area contributed by atoms with Crippen LogP contribution in [0.3, 0.4) is 0 Å². The van der Waals surface area contributed by atoms with Gasteiger partial charge in [-0.05, 0) is 43.5 Å². The van der Waals surface area contributed by atoms with Gasteiger partial charge in [0.2, 0.25) is 0 Å². The Kier molecular flexibility index (Phi) is 4.05. The first-order chi connectivity index (χ1) is 8.13. The van der Waals surface area contributed by atoms with Crippen molar-refractivity contribution in [1.82, 2.24) is 0 Å². The van der Waals surface area contributed by atoms with Gasteiger partial charge in [0.1, 0.15) is 6.67 Å². The predicted molar refractivity (Wildman–Crippen MR) is 73.1 cm³/mol. The van der Waals surface area contributed by atoms with Gasteiger partial charge in [0.15, 0.2) is 0 Å². The molecule has 0 spiro atoms. The Labute approximate surface area is 110 Å². The Bertz CT molecular complexity index is 368. The molecule has 1 aromatic carbocycles. The van der Waals surface area contributed by atoms with Crippen LogP contribution in [-0.2, 0) is 0 Å². The van der Waals surface area contributed by atoms with E-state index in [1.807, 2.05) is 12.1 Å². The van der Waals surface area contributed by atoms with E-state index in [0.29, 0.717) is 0 Å². The van der Waals surface area contributed by atoms with Gasteiger partial charge in [0.25, 0.3) is 0 Å². The summed E-state index contributed by atoms with van der Waals surface area (Å²) in [7, 11) is 0. The summed E-state index contributed by atoms with van der Waals surface area (Å²) in [6, 6.07) is 8.24. The summed E-state index contributed by atoms with van der Waals surface area (Å²) < 4.78 is 14.0. The van der Waals surface area contributed by atoms with E-state index in [0.717, 1.165) is 36.8 Å². The molecule has 94 valence electrons. The Morgan fingerprint density at radius 3 is 2.59 bits per heavy atom. The third kappa shape index (κ3) is 3.19. The van der Waals surface area contributed by atoms with E-state index in [4.69, 9.17) is 5.73 Å². The number of benzene rings is 1. The van der Waals surface area contributed by atoms with Crippen LogP contribution in [0.4, 0.5) is 10.1 Å². The van der Waals surface area contributed by atoms with Crippen LogP contribution in [0.15, 0.2) is 28.7 Å². The second-order valence-electron chi connectivity index (χ2n) is 4.81. The van der Waals surface area contributed by atoms with E-state index >= 15 is 0 Å². The van der Waals surface area contributed by atoms with Crippen molar-refractivity contribution in [2.24, 2.45) is 5.73 Å². The zero-order valence-corrected chi connectivity index (χ0v) is 11.4. The second-order valence-corrected chi connectivity index (χ2v) is 5.73. The van der Waals surface area contributed by atoms with Crippen molar-refractivity contribution in [1.29, 1.82) is 0 Å². The van der Waals surface area contributed by atoms with Gasteiger partial charge in [-0.1, -0.05) is 15.9 Å². The first-order valence-electron chi connectivity index (χ1n) is 5.98. The average molecular weight is 301 g/mol. The summed E-state index contributed by atoms with van der Waals surface area (Å²) in [5.41, 5.74) is 6.60. The van der Waals surface area contributed by atoms with Crippen molar-refractivity contribution < 1.29 is 4.39 Å². The number of nitrogens with zero attached hydrogens (tertiary/aromatic N) is 1. The Morgan fingerprint density at radius 1 is 1.24 bits per heavy atom. The molecular weight excluding hydrogens is 283 g/mol. The molecule has 2 rings (SSSR count). The highest BCUT2D eigenvalue weighted by Gasteiger charge is 2.28. The highest BCUT2D eigenvalue weighted by molar-refractivity contribution is 9.10. The lowest BCUT2D eigenvalue weighted by Gasteiger charge is -2.25. The summed E-state index contributed by atoms with van der Waals surface area (Å²) >= 11 is 3.43. The average Bonchev–Trinajstić information content (AvgIpc) is 2.53. The molecule has 1 atom stereocenters. The summed E-state index contributed by atoms with van der Waals surface area (Å²) in [6.45, 7) is 1.38. The number of hydrogen-bond acceptors (Lipinski definition) is 2. The summed E-state index contributed by atoms with van der Waals surface area (Å²) in [4.78, 5) is 2.29. The van der Waals surface area contributed by atoms with Crippen molar-refractivity contribution in [3.05, 3.63) is 28.7 Å². The molecule has 4 heteroatoms. The molecule has 1 aliphatic heterocycles. The van der Waals surface area contributed by atoms with Crippen molar-refractivity contribution in [3.8, 4) is 0 Å². The molecule has 1 fully saturated rings. The topological polar surface area (TPSA) is 29.3 Å². The fraction of sp³-hybridized carbons (Fsp3) is 0.538. The minimum absolute atomic E-state index is 0.415. The second kappa shape index (κ2) is 5.36. The molecule has 1 aliphatic rings. The quantitative estimate of drug-likeness (QED) is 0.909. The molecule has 1 unspecified atom stereocenters. The first kappa shape index (κ1) is 12.8. The Morgan fingerprint density at radius 2 is 1.94 bits per heavy atom. The molecule has 1 aromatic rings. The van der Waals surface area contributed by atoms with E-state index in [1.54, 1.807) is 0 Å². The SMILES string of the molecule is NC1(CF)CCCN(c2ccc(Br)cc2)CC1. The molecular formula is C13H18BrFN2. The monoisotopic (exact) mass is 300 g/mol. The van der Waals surface area contributed by atoms with Crippen molar-refractivity contribution >= 4 is 21.6 Å². The molecule has 0 aromatic heterocycles. The van der Waals surface area contributed by atoms with Gasteiger partial charge in [0, 0.05) is 28.8 Å². The van der Waals surface area contributed by atoms with Gasteiger partial charge >= 0.3 is 0 Å². The zero-order valence-electron chi connectivity index (χ0n) is 9.83. The Hall–Kier alpha value is -0.610. The van der Waals surface area contributed by atoms with Gasteiger partial charge in [-0.15, -0.1) is 0 Å². The van der Waals surface area contributed by atoms with Crippen LogP contribution in [-0.4, -0.2) is 25.3 Å². The molecule has 1 saturated heterocycles. The van der Waals surface area contributed by atoms with Crippen LogP contribution in [0, 0.1) is 0 Å². The smallest absolute Gasteiger partial charge is 0.107 e. The minimum atomic E-state index is -0.607. The molecule has 0 amide bonds. The fourth-order valence-electron chi connectivity index (χ4n) is 2.26. The van der Waals surface area contributed by atoms with E-state index in [1.165, 1.54) is 5.69 Å². The van der Waals surface area contributed by atoms with Gasteiger partial charge in [-0.2, -0.15) is 0 Å². The van der Waals surface area contributed by atoms with Crippen LogP contribution < -0.4 is 10.6 Å². The highest BCUT2D eigenvalue weighted by Crippen LogP contribution is 2.25. The maximum Gasteiger partial charge on any atom is 0.107 e.